The molecule has 0 saturated carbocycles. The number of pyridine rings is 1. The molecule has 3 N–H and O–H groups in total. The highest BCUT2D eigenvalue weighted by Gasteiger charge is 2.40. The second-order valence-electron chi connectivity index (χ2n) is 6.09. The van der Waals surface area contributed by atoms with Gasteiger partial charge in [0.15, 0.2) is 0 Å². The summed E-state index contributed by atoms with van der Waals surface area (Å²) in [5.74, 6) is 0. The van der Waals surface area contributed by atoms with E-state index in [0.717, 1.165) is 11.1 Å². The summed E-state index contributed by atoms with van der Waals surface area (Å²) in [6, 6.07) is 12.6. The summed E-state index contributed by atoms with van der Waals surface area (Å²) in [6.07, 6.45) is 3.12. The topological polar surface area (TPSA) is 117 Å². The molecule has 1 aliphatic rings. The van der Waals surface area contributed by atoms with Gasteiger partial charge in [-0.15, -0.1) is 5.10 Å². The highest BCUT2D eigenvalue weighted by Crippen LogP contribution is 2.52. The summed E-state index contributed by atoms with van der Waals surface area (Å²) >= 11 is 0. The van der Waals surface area contributed by atoms with Gasteiger partial charge in [-0.05, 0) is 17.7 Å². The van der Waals surface area contributed by atoms with E-state index < -0.39 is 21.8 Å². The number of nitrogens with zero attached hydrogens (tertiary/aromatic N) is 3. The molecule has 3 aromatic heterocycles. The SMILES string of the molecule is O=C1Nc2ccnc3c2c(c(-c2cc(-c4ccccc4)cnn2)[s+]3C(=O)O)N1. The molecule has 0 saturated heterocycles. The number of hydrogen-bond donors (Lipinski definition) is 3. The van der Waals surface area contributed by atoms with Gasteiger partial charge >= 0.3 is 11.3 Å². The van der Waals surface area contributed by atoms with Crippen molar-refractivity contribution in [1.82, 2.24) is 15.2 Å². The monoisotopic (exact) mass is 390 g/mol. The second-order valence-corrected chi connectivity index (χ2v) is 7.85. The molecule has 8 nitrogen and oxygen atoms in total. The Morgan fingerprint density at radius 1 is 1.07 bits per heavy atom. The molecule has 0 aliphatic carbocycles. The van der Waals surface area contributed by atoms with Crippen LogP contribution in [0.25, 0.3) is 31.9 Å². The van der Waals surface area contributed by atoms with Crippen LogP contribution in [-0.4, -0.2) is 31.6 Å². The standard InChI is InChI=1S/C19H11N5O3S/c25-18-22-12-6-7-20-17-14(12)15(23-18)16(28(17)19(26)27)13-8-11(9-21-24-13)10-4-2-1-3-5-10/h1-9H,(H2-,20,22,23,24,25,26,27)/p+1. The lowest BCUT2D eigenvalue weighted by atomic mass is 10.1. The van der Waals surface area contributed by atoms with Crippen LogP contribution in [0.4, 0.5) is 21.0 Å². The Morgan fingerprint density at radius 3 is 2.68 bits per heavy atom. The number of benzene rings is 1. The van der Waals surface area contributed by atoms with E-state index in [9.17, 15) is 14.7 Å². The van der Waals surface area contributed by atoms with E-state index in [4.69, 9.17) is 0 Å². The van der Waals surface area contributed by atoms with Crippen LogP contribution in [0.3, 0.4) is 0 Å². The summed E-state index contributed by atoms with van der Waals surface area (Å²) in [5, 5.41) is 23.1. The summed E-state index contributed by atoms with van der Waals surface area (Å²) in [6.45, 7) is 0. The Kier molecular flexibility index (Phi) is 3.56. The van der Waals surface area contributed by atoms with Crippen molar-refractivity contribution in [2.75, 3.05) is 10.6 Å². The maximum Gasteiger partial charge on any atom is 0.554 e. The van der Waals surface area contributed by atoms with Gasteiger partial charge in [-0.3, -0.25) is 0 Å². The van der Waals surface area contributed by atoms with Gasteiger partial charge in [-0.1, -0.05) is 30.3 Å². The first kappa shape index (κ1) is 16.3. The highest BCUT2D eigenvalue weighted by atomic mass is 32.2. The van der Waals surface area contributed by atoms with Crippen molar-refractivity contribution in [2.45, 2.75) is 0 Å². The van der Waals surface area contributed by atoms with Crippen molar-refractivity contribution in [3.05, 3.63) is 54.9 Å². The maximum absolute atomic E-state index is 12.1. The summed E-state index contributed by atoms with van der Waals surface area (Å²) in [7, 11) is -1.39. The lowest BCUT2D eigenvalue weighted by Crippen LogP contribution is -2.23. The third-order valence-corrected chi connectivity index (χ3v) is 6.31. The first-order valence-electron chi connectivity index (χ1n) is 8.31. The van der Waals surface area contributed by atoms with Crippen LogP contribution in [0.5, 0.6) is 0 Å². The number of carboxylic acid groups (broad SMARTS) is 1. The molecule has 4 heterocycles. The Bertz CT molecular complexity index is 1270. The van der Waals surface area contributed by atoms with E-state index in [1.54, 1.807) is 18.3 Å². The summed E-state index contributed by atoms with van der Waals surface area (Å²) in [4.78, 5) is 29.3. The number of urea groups is 1. The van der Waals surface area contributed by atoms with Crippen molar-refractivity contribution in [2.24, 2.45) is 0 Å². The Labute approximate surface area is 160 Å². The van der Waals surface area contributed by atoms with Gasteiger partial charge in [-0.25, -0.2) is 9.78 Å². The first-order chi connectivity index (χ1) is 13.6. The minimum Gasteiger partial charge on any atom is -0.437 e. The van der Waals surface area contributed by atoms with Gasteiger partial charge in [-0.2, -0.15) is 9.89 Å². The second kappa shape index (κ2) is 6.10. The van der Waals surface area contributed by atoms with Crippen molar-refractivity contribution < 1.29 is 14.7 Å². The molecule has 0 spiro atoms. The van der Waals surface area contributed by atoms with E-state index in [2.05, 4.69) is 25.8 Å². The first-order valence-corrected chi connectivity index (χ1v) is 9.53. The Hall–Kier alpha value is -3.85. The fourth-order valence-corrected chi connectivity index (χ4v) is 5.09. The van der Waals surface area contributed by atoms with Gasteiger partial charge in [0.2, 0.25) is 4.88 Å². The molecule has 5 rings (SSSR count). The molecule has 1 atom stereocenters. The molecule has 1 unspecified atom stereocenters. The van der Waals surface area contributed by atoms with Gasteiger partial charge < -0.3 is 15.7 Å². The van der Waals surface area contributed by atoms with Crippen LogP contribution in [0.2, 0.25) is 0 Å². The molecule has 4 aromatic rings. The quantitative estimate of drug-likeness (QED) is 0.440. The number of carbonyl (C=O) groups is 2. The van der Waals surface area contributed by atoms with E-state index in [0.29, 0.717) is 32.2 Å². The molecule has 28 heavy (non-hydrogen) atoms. The highest BCUT2D eigenvalue weighted by molar-refractivity contribution is 7.57. The van der Waals surface area contributed by atoms with Gasteiger partial charge in [0.1, 0.15) is 27.2 Å². The lowest BCUT2D eigenvalue weighted by Gasteiger charge is -2.13. The summed E-state index contributed by atoms with van der Waals surface area (Å²) < 4.78 is 0. The fraction of sp³-hybridized carbons (Fsp3) is 0. The average Bonchev–Trinajstić information content (AvgIpc) is 3.04. The molecule has 2 amide bonds. The number of amides is 2. The third-order valence-electron chi connectivity index (χ3n) is 4.45. The normalized spacial score (nSPS) is 13.1. The molecule has 1 aromatic carbocycles. The molecule has 0 bridgehead atoms. The van der Waals surface area contributed by atoms with E-state index in [-0.39, 0.29) is 0 Å². The van der Waals surface area contributed by atoms with Crippen LogP contribution in [0.1, 0.15) is 0 Å². The zero-order chi connectivity index (χ0) is 19.3. The van der Waals surface area contributed by atoms with Crippen LogP contribution in [0.15, 0.2) is 54.9 Å². The Morgan fingerprint density at radius 2 is 1.89 bits per heavy atom. The molecule has 0 fully saturated rings. The molecule has 136 valence electrons. The fourth-order valence-electron chi connectivity index (χ4n) is 3.31. The molecule has 1 aliphatic heterocycles. The molecular formula is C19H12N5O3S+. The maximum atomic E-state index is 12.1. The number of rotatable bonds is 3. The van der Waals surface area contributed by atoms with Gasteiger partial charge in [0.05, 0.1) is 11.9 Å². The number of aromatic nitrogens is 3. The third kappa shape index (κ3) is 2.41. The Balaban J connectivity index is 1.82. The predicted molar refractivity (Wildman–Crippen MR) is 107 cm³/mol. The van der Waals surface area contributed by atoms with Crippen LogP contribution >= 0.6 is 10.5 Å². The van der Waals surface area contributed by atoms with Gasteiger partial charge in [0, 0.05) is 11.8 Å². The minimum absolute atomic E-state index is 0.397. The van der Waals surface area contributed by atoms with Crippen molar-refractivity contribution in [3.63, 3.8) is 0 Å². The van der Waals surface area contributed by atoms with Crippen LogP contribution < -0.4 is 10.6 Å². The van der Waals surface area contributed by atoms with E-state index >= 15 is 0 Å². The molecular weight excluding hydrogens is 378 g/mol. The smallest absolute Gasteiger partial charge is 0.437 e. The molecule has 0 radical (unpaired) electrons. The van der Waals surface area contributed by atoms with Gasteiger partial charge in [0.25, 0.3) is 4.83 Å². The molecule has 9 heteroatoms. The van der Waals surface area contributed by atoms with Crippen molar-refractivity contribution in [3.8, 4) is 21.7 Å². The largest absolute Gasteiger partial charge is 0.554 e. The number of hydrogen-bond acceptors (Lipinski definition) is 5. The van der Waals surface area contributed by atoms with Crippen molar-refractivity contribution >= 4 is 43.4 Å². The predicted octanol–water partition coefficient (Wildman–Crippen LogP) is 4.59. The van der Waals surface area contributed by atoms with E-state index in [1.807, 2.05) is 30.3 Å². The van der Waals surface area contributed by atoms with E-state index in [1.165, 1.54) is 6.20 Å². The number of anilines is 2. The zero-order valence-corrected chi connectivity index (χ0v) is 15.0. The van der Waals surface area contributed by atoms with Crippen molar-refractivity contribution in [1.29, 1.82) is 0 Å². The van der Waals surface area contributed by atoms with Crippen LogP contribution in [0, 0.1) is 0 Å². The summed E-state index contributed by atoms with van der Waals surface area (Å²) in [5.41, 5.74) is 3.09. The number of thiophene rings is 1. The number of nitrogens with one attached hydrogen (secondary N) is 2. The average molecular weight is 390 g/mol. The zero-order valence-electron chi connectivity index (χ0n) is 14.2. The number of carbonyl (C=O) groups excluding carboxylic acids is 1. The minimum atomic E-state index is -1.39. The lowest BCUT2D eigenvalue weighted by molar-refractivity contribution is 0.221. The van der Waals surface area contributed by atoms with Crippen LogP contribution in [-0.2, 0) is 0 Å².